The van der Waals surface area contributed by atoms with E-state index >= 15 is 0 Å². The molecule has 2 aromatic carbocycles. The number of pyridine rings is 1. The molecule has 2 amide bonds. The summed E-state index contributed by atoms with van der Waals surface area (Å²) in [6.07, 6.45) is 1.25. The second kappa shape index (κ2) is 9.12. The molecule has 154 valence electrons. The van der Waals surface area contributed by atoms with Crippen LogP contribution in [0.3, 0.4) is 0 Å². The van der Waals surface area contributed by atoms with Gasteiger partial charge in [0, 0.05) is 22.5 Å². The molecule has 0 atom stereocenters. The van der Waals surface area contributed by atoms with Crippen molar-refractivity contribution in [2.24, 2.45) is 0 Å². The Kier molecular flexibility index (Phi) is 6.56. The highest BCUT2D eigenvalue weighted by atomic mass is 35.5. The van der Waals surface area contributed by atoms with Crippen LogP contribution in [0.2, 0.25) is 10.2 Å². The van der Waals surface area contributed by atoms with E-state index in [1.807, 2.05) is 0 Å². The number of hydrogen-bond donors (Lipinski definition) is 3. The Balaban J connectivity index is 1.69. The first kappa shape index (κ1) is 21.6. The van der Waals surface area contributed by atoms with Crippen molar-refractivity contribution in [1.82, 2.24) is 15.8 Å². The Morgan fingerprint density at radius 2 is 1.50 bits per heavy atom. The minimum atomic E-state index is -3.94. The Hall–Kier alpha value is -3.14. The highest BCUT2D eigenvalue weighted by Crippen LogP contribution is 2.19. The van der Waals surface area contributed by atoms with Crippen molar-refractivity contribution in [3.8, 4) is 0 Å². The second-order valence-corrected chi connectivity index (χ2v) is 8.42. The molecule has 0 unspecified atom stereocenters. The van der Waals surface area contributed by atoms with E-state index in [2.05, 4.69) is 20.6 Å². The summed E-state index contributed by atoms with van der Waals surface area (Å²) in [7, 11) is -3.94. The highest BCUT2D eigenvalue weighted by Gasteiger charge is 2.17. The third-order valence-electron chi connectivity index (χ3n) is 3.78. The lowest BCUT2D eigenvalue weighted by Crippen LogP contribution is -2.41. The first-order valence-electron chi connectivity index (χ1n) is 8.35. The summed E-state index contributed by atoms with van der Waals surface area (Å²) in [6.45, 7) is 0. The Labute approximate surface area is 182 Å². The van der Waals surface area contributed by atoms with Crippen LogP contribution in [0.25, 0.3) is 0 Å². The number of aromatic nitrogens is 1. The van der Waals surface area contributed by atoms with Gasteiger partial charge in [-0.25, -0.2) is 13.4 Å². The number of hydrazine groups is 1. The van der Waals surface area contributed by atoms with E-state index in [9.17, 15) is 18.0 Å². The van der Waals surface area contributed by atoms with Gasteiger partial charge in [0.25, 0.3) is 21.8 Å². The van der Waals surface area contributed by atoms with Gasteiger partial charge >= 0.3 is 0 Å². The number of halogens is 2. The maximum Gasteiger partial charge on any atom is 0.271 e. The monoisotopic (exact) mass is 464 g/mol. The van der Waals surface area contributed by atoms with Crippen LogP contribution in [0.1, 0.15) is 20.7 Å². The average Bonchev–Trinajstić information content (AvgIpc) is 2.74. The molecule has 3 rings (SSSR count). The van der Waals surface area contributed by atoms with Crippen molar-refractivity contribution >= 4 is 50.7 Å². The minimum absolute atomic E-state index is 0.0310. The number of nitrogens with one attached hydrogen (secondary N) is 3. The fourth-order valence-corrected chi connectivity index (χ4v) is 3.65. The summed E-state index contributed by atoms with van der Waals surface area (Å²) in [4.78, 5) is 28.0. The number of rotatable bonds is 5. The topological polar surface area (TPSA) is 117 Å². The Morgan fingerprint density at radius 1 is 0.833 bits per heavy atom. The van der Waals surface area contributed by atoms with Crippen molar-refractivity contribution in [2.45, 2.75) is 4.90 Å². The van der Waals surface area contributed by atoms with Crippen LogP contribution in [-0.4, -0.2) is 25.2 Å². The van der Waals surface area contributed by atoms with Crippen LogP contribution in [0, 0.1) is 0 Å². The first-order valence-corrected chi connectivity index (χ1v) is 10.6. The Morgan fingerprint density at radius 3 is 2.13 bits per heavy atom. The van der Waals surface area contributed by atoms with Gasteiger partial charge in [0.05, 0.1) is 10.5 Å². The van der Waals surface area contributed by atoms with Gasteiger partial charge in [-0.15, -0.1) is 0 Å². The quantitative estimate of drug-likeness (QED) is 0.395. The van der Waals surface area contributed by atoms with Crippen molar-refractivity contribution in [3.05, 3.63) is 88.2 Å². The molecule has 0 aliphatic heterocycles. The molecule has 0 spiro atoms. The number of nitrogens with zero attached hydrogens (tertiary/aromatic N) is 1. The van der Waals surface area contributed by atoms with Crippen LogP contribution >= 0.6 is 23.2 Å². The zero-order valence-corrected chi connectivity index (χ0v) is 17.4. The summed E-state index contributed by atoms with van der Waals surface area (Å²) >= 11 is 11.5. The molecule has 0 radical (unpaired) electrons. The molecule has 0 saturated carbocycles. The lowest BCUT2D eigenvalue weighted by Gasteiger charge is -2.10. The lowest BCUT2D eigenvalue weighted by molar-refractivity contribution is 0.0846. The van der Waals surface area contributed by atoms with Gasteiger partial charge in [-0.2, -0.15) is 0 Å². The molecule has 0 fully saturated rings. The number of carbonyl (C=O) groups is 2. The van der Waals surface area contributed by atoms with Crippen molar-refractivity contribution < 1.29 is 18.0 Å². The molecule has 0 bridgehead atoms. The van der Waals surface area contributed by atoms with E-state index in [0.29, 0.717) is 10.7 Å². The third kappa shape index (κ3) is 5.47. The van der Waals surface area contributed by atoms with Gasteiger partial charge in [0.15, 0.2) is 0 Å². The molecule has 8 nitrogen and oxygen atoms in total. The molecule has 0 aliphatic carbocycles. The number of amides is 2. The van der Waals surface area contributed by atoms with E-state index in [0.717, 1.165) is 0 Å². The maximum atomic E-state index is 12.6. The van der Waals surface area contributed by atoms with Crippen molar-refractivity contribution in [2.75, 3.05) is 4.72 Å². The largest absolute Gasteiger partial charge is 0.280 e. The molecule has 0 saturated heterocycles. The molecular formula is C19H14Cl2N4O4S. The average molecular weight is 465 g/mol. The molecule has 3 N–H and O–H groups in total. The van der Waals surface area contributed by atoms with Crippen LogP contribution < -0.4 is 15.6 Å². The minimum Gasteiger partial charge on any atom is -0.280 e. The van der Waals surface area contributed by atoms with Gasteiger partial charge in [0.1, 0.15) is 5.15 Å². The fraction of sp³-hybridized carbons (Fsp3) is 0. The standard InChI is InChI=1S/C19H14Cl2N4O4S/c20-14-5-7-15(8-6-14)25-30(28,29)16-3-1-2-12(10-16)18(26)23-24-19(27)13-4-9-17(21)22-11-13/h1-11,25H,(H,23,26)(H,24,27). The summed E-state index contributed by atoms with van der Waals surface area (Å²) < 4.78 is 27.6. The van der Waals surface area contributed by atoms with E-state index in [1.165, 1.54) is 54.7 Å². The zero-order chi connectivity index (χ0) is 21.7. The normalized spacial score (nSPS) is 10.9. The van der Waals surface area contributed by atoms with Gasteiger partial charge in [0.2, 0.25) is 0 Å². The van der Waals surface area contributed by atoms with Gasteiger partial charge in [-0.3, -0.25) is 25.2 Å². The predicted octanol–water partition coefficient (Wildman–Crippen LogP) is 3.26. The van der Waals surface area contributed by atoms with E-state index in [-0.39, 0.29) is 21.2 Å². The number of carbonyl (C=O) groups excluding carboxylic acids is 2. The molecule has 0 aliphatic rings. The number of hydrogen-bond acceptors (Lipinski definition) is 5. The third-order valence-corrected chi connectivity index (χ3v) is 5.64. The molecule has 1 heterocycles. The maximum absolute atomic E-state index is 12.6. The summed E-state index contributed by atoms with van der Waals surface area (Å²) in [5.74, 6) is -1.31. The summed E-state index contributed by atoms with van der Waals surface area (Å²) in [5, 5.41) is 0.689. The smallest absolute Gasteiger partial charge is 0.271 e. The molecule has 30 heavy (non-hydrogen) atoms. The summed E-state index contributed by atoms with van der Waals surface area (Å²) in [5.41, 5.74) is 4.97. The molecule has 11 heteroatoms. The second-order valence-electron chi connectivity index (χ2n) is 5.92. The van der Waals surface area contributed by atoms with Gasteiger partial charge in [-0.1, -0.05) is 29.3 Å². The van der Waals surface area contributed by atoms with E-state index in [4.69, 9.17) is 23.2 Å². The van der Waals surface area contributed by atoms with Crippen LogP contribution in [0.5, 0.6) is 0 Å². The number of benzene rings is 2. The molecule has 1 aromatic heterocycles. The van der Waals surface area contributed by atoms with Crippen molar-refractivity contribution in [1.29, 1.82) is 0 Å². The first-order chi connectivity index (χ1) is 14.2. The van der Waals surface area contributed by atoms with Gasteiger partial charge in [-0.05, 0) is 54.6 Å². The lowest BCUT2D eigenvalue weighted by atomic mass is 10.2. The van der Waals surface area contributed by atoms with Crippen LogP contribution in [-0.2, 0) is 10.0 Å². The summed E-state index contributed by atoms with van der Waals surface area (Å²) in [6, 6.07) is 14.3. The van der Waals surface area contributed by atoms with E-state index < -0.39 is 21.8 Å². The fourth-order valence-electron chi connectivity index (χ4n) is 2.30. The number of sulfonamides is 1. The predicted molar refractivity (Wildman–Crippen MR) is 113 cm³/mol. The highest BCUT2D eigenvalue weighted by molar-refractivity contribution is 7.92. The van der Waals surface area contributed by atoms with Gasteiger partial charge < -0.3 is 0 Å². The van der Waals surface area contributed by atoms with Crippen LogP contribution in [0.15, 0.2) is 71.8 Å². The van der Waals surface area contributed by atoms with Crippen molar-refractivity contribution in [3.63, 3.8) is 0 Å². The number of anilines is 1. The zero-order valence-electron chi connectivity index (χ0n) is 15.1. The van der Waals surface area contributed by atoms with Crippen LogP contribution in [0.4, 0.5) is 5.69 Å². The molecular weight excluding hydrogens is 451 g/mol. The SMILES string of the molecule is O=C(NNC(=O)c1cccc(S(=O)(=O)Nc2ccc(Cl)cc2)c1)c1ccc(Cl)nc1. The Bertz CT molecular complexity index is 1180. The molecule has 3 aromatic rings. The van der Waals surface area contributed by atoms with E-state index in [1.54, 1.807) is 12.1 Å².